The maximum Gasteiger partial charge on any atom is 0.359 e. The van der Waals surface area contributed by atoms with Crippen molar-refractivity contribution in [2.75, 3.05) is 11.9 Å². The molecule has 0 saturated carbocycles. The third-order valence-corrected chi connectivity index (χ3v) is 4.52. The number of imidazole rings is 1. The number of nitrogens with zero attached hydrogens (tertiary/aromatic N) is 2. The van der Waals surface area contributed by atoms with Gasteiger partial charge in [0.2, 0.25) is 0 Å². The van der Waals surface area contributed by atoms with E-state index < -0.39 is 18.0 Å². The van der Waals surface area contributed by atoms with Crippen LogP contribution in [0.15, 0.2) is 35.8 Å². The highest BCUT2D eigenvalue weighted by Gasteiger charge is 2.25. The van der Waals surface area contributed by atoms with Crippen molar-refractivity contribution < 1.29 is 19.1 Å². The lowest BCUT2D eigenvalue weighted by Crippen LogP contribution is -2.30. The number of carbonyl (C=O) groups excluding carboxylic acids is 2. The van der Waals surface area contributed by atoms with Gasteiger partial charge in [-0.05, 0) is 38.1 Å². The molecule has 1 amide bonds. The van der Waals surface area contributed by atoms with Crippen LogP contribution in [0.4, 0.5) is 5.69 Å². The summed E-state index contributed by atoms with van der Waals surface area (Å²) in [6.45, 7) is 3.94. The van der Waals surface area contributed by atoms with E-state index in [0.717, 1.165) is 0 Å². The molecule has 9 heteroatoms. The van der Waals surface area contributed by atoms with Crippen LogP contribution < -0.4 is 10.1 Å². The molecule has 7 nitrogen and oxygen atoms in total. The molecule has 3 rings (SSSR count). The number of thiazole rings is 1. The molecular weight excluding hydrogens is 378 g/mol. The first kappa shape index (κ1) is 18.2. The van der Waals surface area contributed by atoms with Crippen LogP contribution in [0.3, 0.4) is 0 Å². The van der Waals surface area contributed by atoms with E-state index in [0.29, 0.717) is 23.0 Å². The van der Waals surface area contributed by atoms with Gasteiger partial charge in [-0.3, -0.25) is 9.20 Å². The normalized spacial score (nSPS) is 12.0. The van der Waals surface area contributed by atoms with Crippen molar-refractivity contribution in [1.29, 1.82) is 0 Å². The van der Waals surface area contributed by atoms with E-state index in [9.17, 15) is 9.59 Å². The van der Waals surface area contributed by atoms with Crippen LogP contribution in [-0.2, 0) is 9.53 Å². The fourth-order valence-corrected chi connectivity index (χ4v) is 3.27. The molecule has 2 heterocycles. The Hall–Kier alpha value is -2.58. The van der Waals surface area contributed by atoms with Crippen LogP contribution in [0, 0.1) is 0 Å². The summed E-state index contributed by atoms with van der Waals surface area (Å²) in [4.78, 5) is 29.3. The Bertz CT molecular complexity index is 935. The fourth-order valence-electron chi connectivity index (χ4n) is 2.26. The minimum atomic E-state index is -1.01. The molecule has 0 aliphatic heterocycles. The fraction of sp³-hybridized carbons (Fsp3) is 0.235. The van der Waals surface area contributed by atoms with E-state index in [-0.39, 0.29) is 10.8 Å². The molecule has 1 atom stereocenters. The average Bonchev–Trinajstić information content (AvgIpc) is 3.16. The number of ether oxygens (including phenoxy) is 2. The summed E-state index contributed by atoms with van der Waals surface area (Å²) < 4.78 is 12.1. The van der Waals surface area contributed by atoms with Crippen LogP contribution in [0.25, 0.3) is 4.96 Å². The molecule has 1 N–H and O–H groups in total. The lowest BCUT2D eigenvalue weighted by molar-refractivity contribution is -0.123. The third-order valence-electron chi connectivity index (χ3n) is 3.50. The zero-order chi connectivity index (χ0) is 18.7. The van der Waals surface area contributed by atoms with E-state index in [1.165, 1.54) is 22.7 Å². The lowest BCUT2D eigenvalue weighted by atomic mass is 10.3. The number of hydrogen-bond donors (Lipinski definition) is 1. The van der Waals surface area contributed by atoms with Crippen LogP contribution in [0.1, 0.15) is 24.3 Å². The second-order valence-electron chi connectivity index (χ2n) is 5.30. The lowest BCUT2D eigenvalue weighted by Gasteiger charge is -2.13. The molecule has 26 heavy (non-hydrogen) atoms. The summed E-state index contributed by atoms with van der Waals surface area (Å²) in [5.74, 6) is -0.458. The molecule has 136 valence electrons. The van der Waals surface area contributed by atoms with Gasteiger partial charge in [-0.1, -0.05) is 11.6 Å². The van der Waals surface area contributed by atoms with E-state index in [1.807, 2.05) is 6.92 Å². The molecule has 0 unspecified atom stereocenters. The number of benzene rings is 1. The maximum absolute atomic E-state index is 12.4. The van der Waals surface area contributed by atoms with Crippen LogP contribution >= 0.6 is 22.9 Å². The van der Waals surface area contributed by atoms with E-state index in [2.05, 4.69) is 10.3 Å². The molecule has 0 bridgehead atoms. The van der Waals surface area contributed by atoms with Gasteiger partial charge >= 0.3 is 5.97 Å². The summed E-state index contributed by atoms with van der Waals surface area (Å²) in [7, 11) is 0. The first-order valence-electron chi connectivity index (χ1n) is 7.85. The van der Waals surface area contributed by atoms with Gasteiger partial charge in [-0.15, -0.1) is 11.3 Å². The first-order valence-corrected chi connectivity index (χ1v) is 9.11. The van der Waals surface area contributed by atoms with E-state index in [4.69, 9.17) is 21.1 Å². The van der Waals surface area contributed by atoms with Crippen molar-refractivity contribution in [3.05, 3.63) is 46.7 Å². The summed E-state index contributed by atoms with van der Waals surface area (Å²) in [6.07, 6.45) is 0.662. The van der Waals surface area contributed by atoms with Crippen molar-refractivity contribution in [3.8, 4) is 5.75 Å². The molecule has 3 aromatic rings. The van der Waals surface area contributed by atoms with Gasteiger partial charge in [-0.2, -0.15) is 0 Å². The Morgan fingerprint density at radius 2 is 2.08 bits per heavy atom. The predicted octanol–water partition coefficient (Wildman–Crippen LogP) is 3.63. The molecule has 1 aromatic carbocycles. The number of esters is 1. The molecule has 0 fully saturated rings. The highest BCUT2D eigenvalue weighted by Crippen LogP contribution is 2.22. The number of aromatic nitrogens is 2. The highest BCUT2D eigenvalue weighted by molar-refractivity contribution is 7.15. The van der Waals surface area contributed by atoms with Gasteiger partial charge in [0.15, 0.2) is 21.9 Å². The number of carbonyl (C=O) groups is 2. The minimum Gasteiger partial charge on any atom is -0.494 e. The zero-order valence-corrected chi connectivity index (χ0v) is 15.6. The van der Waals surface area contributed by atoms with Crippen molar-refractivity contribution in [3.63, 3.8) is 0 Å². The molecular formula is C17H16ClN3O4S. The number of fused-ring (bicyclic) bond motifs is 1. The van der Waals surface area contributed by atoms with Gasteiger partial charge in [0, 0.05) is 17.3 Å². The number of halogens is 1. The monoisotopic (exact) mass is 393 g/mol. The predicted molar refractivity (Wildman–Crippen MR) is 99.2 cm³/mol. The van der Waals surface area contributed by atoms with Gasteiger partial charge in [0.25, 0.3) is 5.91 Å². The molecule has 0 saturated heterocycles. The minimum absolute atomic E-state index is 0.0426. The molecule has 0 spiro atoms. The van der Waals surface area contributed by atoms with Crippen molar-refractivity contribution in [1.82, 2.24) is 9.38 Å². The standard InChI is InChI=1S/C17H16ClN3O4S/c1-3-24-12-6-4-11(5-7-12)19-15(22)10(2)25-16(23)13-14(18)20-17-21(13)8-9-26-17/h4-10H,3H2,1-2H3,(H,19,22)/t10-/m1/s1. The second-order valence-corrected chi connectivity index (χ2v) is 6.53. The third kappa shape index (κ3) is 3.81. The van der Waals surface area contributed by atoms with Gasteiger partial charge in [0.05, 0.1) is 6.61 Å². The van der Waals surface area contributed by atoms with Gasteiger partial charge < -0.3 is 14.8 Å². The Labute approximate surface area is 158 Å². The number of anilines is 1. The maximum atomic E-state index is 12.4. The largest absolute Gasteiger partial charge is 0.494 e. The molecule has 0 aliphatic rings. The number of hydrogen-bond acceptors (Lipinski definition) is 6. The van der Waals surface area contributed by atoms with Crippen molar-refractivity contribution in [2.45, 2.75) is 20.0 Å². The van der Waals surface area contributed by atoms with Crippen LogP contribution in [-0.4, -0.2) is 34.0 Å². The smallest absolute Gasteiger partial charge is 0.359 e. The second kappa shape index (κ2) is 7.76. The first-order chi connectivity index (χ1) is 12.5. The molecule has 0 aliphatic carbocycles. The number of amides is 1. The number of nitrogens with one attached hydrogen (secondary N) is 1. The number of rotatable bonds is 6. The van der Waals surface area contributed by atoms with Crippen molar-refractivity contribution >= 4 is 45.5 Å². The Kier molecular flexibility index (Phi) is 5.43. The Morgan fingerprint density at radius 1 is 1.35 bits per heavy atom. The van der Waals surface area contributed by atoms with Crippen LogP contribution in [0.2, 0.25) is 5.15 Å². The van der Waals surface area contributed by atoms with E-state index >= 15 is 0 Å². The topological polar surface area (TPSA) is 81.9 Å². The summed E-state index contributed by atoms with van der Waals surface area (Å²) in [5.41, 5.74) is 0.674. The Morgan fingerprint density at radius 3 is 2.77 bits per heavy atom. The van der Waals surface area contributed by atoms with Gasteiger partial charge in [0.1, 0.15) is 5.75 Å². The van der Waals surface area contributed by atoms with Crippen LogP contribution in [0.5, 0.6) is 5.75 Å². The average molecular weight is 394 g/mol. The highest BCUT2D eigenvalue weighted by atomic mass is 35.5. The summed E-state index contributed by atoms with van der Waals surface area (Å²) in [6, 6.07) is 6.91. The van der Waals surface area contributed by atoms with E-state index in [1.54, 1.807) is 35.8 Å². The SMILES string of the molecule is CCOc1ccc(NC(=O)[C@@H](C)OC(=O)c2c(Cl)nc3sccn23)cc1. The van der Waals surface area contributed by atoms with Gasteiger partial charge in [-0.25, -0.2) is 9.78 Å². The summed E-state index contributed by atoms with van der Waals surface area (Å²) in [5, 5.41) is 4.50. The molecule has 0 radical (unpaired) electrons. The summed E-state index contributed by atoms with van der Waals surface area (Å²) >= 11 is 7.34. The Balaban J connectivity index is 1.64. The molecule has 2 aromatic heterocycles. The zero-order valence-electron chi connectivity index (χ0n) is 14.1. The van der Waals surface area contributed by atoms with Crippen molar-refractivity contribution in [2.24, 2.45) is 0 Å². The quantitative estimate of drug-likeness (QED) is 0.646.